The lowest BCUT2D eigenvalue weighted by Crippen LogP contribution is -2.51. The average Bonchev–Trinajstić information content (AvgIpc) is 3.22. The molecule has 0 spiro atoms. The number of nitrogens with one attached hydrogen (secondary N) is 2. The first-order valence-corrected chi connectivity index (χ1v) is 9.85. The largest absolute Gasteiger partial charge is 0.497 e. The fourth-order valence-electron chi connectivity index (χ4n) is 3.87. The smallest absolute Gasteiger partial charge is 0.222 e. The minimum atomic E-state index is -0.237. The maximum Gasteiger partial charge on any atom is 0.222 e. The van der Waals surface area contributed by atoms with Crippen molar-refractivity contribution in [2.45, 2.75) is 37.9 Å². The van der Waals surface area contributed by atoms with E-state index in [9.17, 15) is 4.79 Å². The summed E-state index contributed by atoms with van der Waals surface area (Å²) < 4.78 is 7.15. The van der Waals surface area contributed by atoms with Crippen LogP contribution in [0.3, 0.4) is 0 Å². The number of hydrogen-bond acceptors (Lipinski definition) is 5. The van der Waals surface area contributed by atoms with Crippen LogP contribution in [0.25, 0.3) is 0 Å². The van der Waals surface area contributed by atoms with E-state index in [4.69, 9.17) is 4.74 Å². The van der Waals surface area contributed by atoms with E-state index < -0.39 is 0 Å². The molecule has 2 heterocycles. The second kappa shape index (κ2) is 8.34. The normalized spacial score (nSPS) is 20.4. The second-order valence-electron chi connectivity index (χ2n) is 7.12. The molecule has 7 heteroatoms. The van der Waals surface area contributed by atoms with Crippen LogP contribution in [-0.4, -0.2) is 33.8 Å². The number of aromatic nitrogens is 3. The number of carbonyl (C=O) groups excluding carboxylic acids is 1. The van der Waals surface area contributed by atoms with Gasteiger partial charge in [-0.25, -0.2) is 4.68 Å². The molecule has 0 unspecified atom stereocenters. The summed E-state index contributed by atoms with van der Waals surface area (Å²) in [5.41, 5.74) is 2.11. The van der Waals surface area contributed by atoms with Gasteiger partial charge in [-0.1, -0.05) is 49.4 Å². The number of amides is 1. The van der Waals surface area contributed by atoms with Crippen molar-refractivity contribution in [2.24, 2.45) is 0 Å². The Labute approximate surface area is 170 Å². The highest BCUT2D eigenvalue weighted by Crippen LogP contribution is 2.38. The van der Waals surface area contributed by atoms with Crippen LogP contribution in [0, 0.1) is 0 Å². The number of rotatable bonds is 6. The molecule has 2 N–H and O–H groups in total. The van der Waals surface area contributed by atoms with E-state index >= 15 is 0 Å². The molecule has 150 valence electrons. The van der Waals surface area contributed by atoms with Crippen molar-refractivity contribution in [1.29, 1.82) is 0 Å². The second-order valence-corrected chi connectivity index (χ2v) is 7.12. The third kappa shape index (κ3) is 3.81. The third-order valence-corrected chi connectivity index (χ3v) is 5.24. The Kier molecular flexibility index (Phi) is 5.46. The highest BCUT2D eigenvalue weighted by atomic mass is 16.5. The van der Waals surface area contributed by atoms with Gasteiger partial charge in [0, 0.05) is 6.42 Å². The molecule has 7 nitrogen and oxygen atoms in total. The van der Waals surface area contributed by atoms with Gasteiger partial charge in [-0.05, 0) is 29.7 Å². The first-order chi connectivity index (χ1) is 14.2. The van der Waals surface area contributed by atoms with E-state index in [1.54, 1.807) is 7.11 Å². The van der Waals surface area contributed by atoms with Gasteiger partial charge >= 0.3 is 0 Å². The molecule has 0 saturated heterocycles. The summed E-state index contributed by atoms with van der Waals surface area (Å²) in [5.74, 6) is 1.50. The number of nitrogens with zero attached hydrogens (tertiary/aromatic N) is 3. The van der Waals surface area contributed by atoms with E-state index in [0.29, 0.717) is 12.4 Å². The molecule has 0 radical (unpaired) electrons. The minimum absolute atomic E-state index is 0.0299. The van der Waals surface area contributed by atoms with E-state index in [0.717, 1.165) is 23.3 Å². The van der Waals surface area contributed by atoms with Gasteiger partial charge in [-0.3, -0.25) is 4.79 Å². The predicted octanol–water partition coefficient (Wildman–Crippen LogP) is 3.33. The zero-order valence-corrected chi connectivity index (χ0v) is 16.6. The molecule has 0 bridgehead atoms. The number of anilines is 1. The minimum Gasteiger partial charge on any atom is -0.497 e. The molecule has 1 aromatic heterocycles. The van der Waals surface area contributed by atoms with Gasteiger partial charge in [0.1, 0.15) is 18.1 Å². The maximum absolute atomic E-state index is 12.6. The number of benzene rings is 2. The van der Waals surface area contributed by atoms with Gasteiger partial charge in [0.05, 0.1) is 19.2 Å². The fourth-order valence-corrected chi connectivity index (χ4v) is 3.87. The van der Waals surface area contributed by atoms with Crippen LogP contribution in [0.4, 0.5) is 5.95 Å². The molecule has 0 saturated carbocycles. The van der Waals surface area contributed by atoms with Crippen molar-refractivity contribution < 1.29 is 9.53 Å². The van der Waals surface area contributed by atoms with E-state index in [2.05, 4.69) is 32.8 Å². The van der Waals surface area contributed by atoms with Gasteiger partial charge in [0.25, 0.3) is 0 Å². The van der Waals surface area contributed by atoms with Crippen molar-refractivity contribution in [3.63, 3.8) is 0 Å². The lowest BCUT2D eigenvalue weighted by atomic mass is 9.88. The van der Waals surface area contributed by atoms with E-state index in [-0.39, 0.29) is 24.0 Å². The highest BCUT2D eigenvalue weighted by molar-refractivity contribution is 5.76. The van der Waals surface area contributed by atoms with Crippen LogP contribution in [0.15, 0.2) is 60.9 Å². The molecule has 3 atom stereocenters. The summed E-state index contributed by atoms with van der Waals surface area (Å²) in [7, 11) is 1.65. The summed E-state index contributed by atoms with van der Waals surface area (Å²) >= 11 is 0. The van der Waals surface area contributed by atoms with Gasteiger partial charge in [-0.15, -0.1) is 0 Å². The Morgan fingerprint density at radius 1 is 1.14 bits per heavy atom. The predicted molar refractivity (Wildman–Crippen MR) is 111 cm³/mol. The quantitative estimate of drug-likeness (QED) is 0.674. The zero-order valence-electron chi connectivity index (χ0n) is 16.6. The fraction of sp³-hybridized carbons (Fsp3) is 0.318. The van der Waals surface area contributed by atoms with Gasteiger partial charge in [-0.2, -0.15) is 10.1 Å². The SMILES string of the molecule is CCCC(=O)N[C@H]1[C@@H](c2ccc(OC)cc2)n2ncnc2N[C@H]1c1ccccc1. The zero-order chi connectivity index (χ0) is 20.2. The molecule has 0 fully saturated rings. The van der Waals surface area contributed by atoms with Crippen LogP contribution in [-0.2, 0) is 4.79 Å². The topological polar surface area (TPSA) is 81.1 Å². The molecular weight excluding hydrogens is 366 g/mol. The number of ether oxygens (including phenoxy) is 1. The molecule has 4 rings (SSSR count). The molecule has 3 aromatic rings. The van der Waals surface area contributed by atoms with Crippen LogP contribution >= 0.6 is 0 Å². The van der Waals surface area contributed by atoms with Crippen LogP contribution in [0.5, 0.6) is 5.75 Å². The number of fused-ring (bicyclic) bond motifs is 1. The molecular formula is C22H25N5O2. The molecule has 1 aliphatic rings. The van der Waals surface area contributed by atoms with Crippen molar-refractivity contribution in [3.8, 4) is 5.75 Å². The summed E-state index contributed by atoms with van der Waals surface area (Å²) in [6, 6.07) is 17.4. The number of methoxy groups -OCH3 is 1. The first kappa shape index (κ1) is 19.0. The monoisotopic (exact) mass is 391 g/mol. The average molecular weight is 391 g/mol. The van der Waals surface area contributed by atoms with Crippen molar-refractivity contribution in [3.05, 3.63) is 72.1 Å². The summed E-state index contributed by atoms with van der Waals surface area (Å²) in [4.78, 5) is 17.0. The van der Waals surface area contributed by atoms with Crippen LogP contribution < -0.4 is 15.4 Å². The van der Waals surface area contributed by atoms with Crippen molar-refractivity contribution in [2.75, 3.05) is 12.4 Å². The molecule has 2 aromatic carbocycles. The van der Waals surface area contributed by atoms with Gasteiger partial charge in [0.2, 0.25) is 11.9 Å². The number of carbonyl (C=O) groups is 1. The Bertz CT molecular complexity index is 955. The number of hydrogen-bond donors (Lipinski definition) is 2. The summed E-state index contributed by atoms with van der Waals surface area (Å²) in [5, 5.41) is 11.2. The molecule has 29 heavy (non-hydrogen) atoms. The Balaban J connectivity index is 1.80. The standard InChI is InChI=1S/C22H25N5O2/c1-3-7-18(28)25-20-19(15-8-5-4-6-9-15)26-22-23-14-24-27(22)21(20)16-10-12-17(29-2)13-11-16/h4-6,8-14,19-21H,3,7H2,1-2H3,(H,25,28)(H,23,24,26)/t19-,20+,21+/m0/s1. The van der Waals surface area contributed by atoms with Crippen LogP contribution in [0.2, 0.25) is 0 Å². The van der Waals surface area contributed by atoms with Crippen LogP contribution in [0.1, 0.15) is 43.0 Å². The molecule has 1 amide bonds. The first-order valence-electron chi connectivity index (χ1n) is 9.85. The summed E-state index contributed by atoms with van der Waals surface area (Å²) in [6.07, 6.45) is 2.82. The Morgan fingerprint density at radius 2 is 1.90 bits per heavy atom. The third-order valence-electron chi connectivity index (χ3n) is 5.24. The van der Waals surface area contributed by atoms with Crippen molar-refractivity contribution >= 4 is 11.9 Å². The highest BCUT2D eigenvalue weighted by Gasteiger charge is 2.40. The van der Waals surface area contributed by atoms with Gasteiger partial charge in [0.15, 0.2) is 0 Å². The maximum atomic E-state index is 12.6. The van der Waals surface area contributed by atoms with E-state index in [1.807, 2.05) is 54.1 Å². The lowest BCUT2D eigenvalue weighted by Gasteiger charge is -2.40. The summed E-state index contributed by atoms with van der Waals surface area (Å²) in [6.45, 7) is 2.00. The molecule has 0 aliphatic carbocycles. The van der Waals surface area contributed by atoms with Gasteiger partial charge < -0.3 is 15.4 Å². The van der Waals surface area contributed by atoms with Crippen molar-refractivity contribution in [1.82, 2.24) is 20.1 Å². The Hall–Kier alpha value is -3.35. The lowest BCUT2D eigenvalue weighted by molar-refractivity contribution is -0.122. The molecule has 1 aliphatic heterocycles. The van der Waals surface area contributed by atoms with E-state index in [1.165, 1.54) is 6.33 Å². The Morgan fingerprint density at radius 3 is 2.59 bits per heavy atom.